The van der Waals surface area contributed by atoms with Crippen molar-refractivity contribution in [1.29, 1.82) is 0 Å². The summed E-state index contributed by atoms with van der Waals surface area (Å²) in [6.07, 6.45) is 0.656. The van der Waals surface area contributed by atoms with Crippen molar-refractivity contribution in [3.63, 3.8) is 0 Å². The number of benzene rings is 1. The molecule has 1 aromatic carbocycles. The molecular formula is C10H5Br3O4. The molecule has 0 aliphatic heterocycles. The van der Waals surface area contributed by atoms with Gasteiger partial charge < -0.3 is 10.2 Å². The predicted octanol–water partition coefficient (Wildman–Crippen LogP) is 3.53. The molecule has 0 saturated heterocycles. The van der Waals surface area contributed by atoms with Crippen molar-refractivity contribution in [3.8, 4) is 0 Å². The van der Waals surface area contributed by atoms with E-state index >= 15 is 0 Å². The van der Waals surface area contributed by atoms with E-state index in [4.69, 9.17) is 10.2 Å². The number of aliphatic carboxylic acids is 2. The number of hydrogen-bond donors (Lipinski definition) is 2. The summed E-state index contributed by atoms with van der Waals surface area (Å²) in [6, 6.07) is 3.14. The number of rotatable bonds is 3. The van der Waals surface area contributed by atoms with E-state index in [1.54, 1.807) is 6.07 Å². The molecule has 0 unspecified atom stereocenters. The number of halogens is 3. The van der Waals surface area contributed by atoms with Crippen molar-refractivity contribution >= 4 is 65.3 Å². The van der Waals surface area contributed by atoms with E-state index in [1.807, 2.05) is 0 Å². The zero-order chi connectivity index (χ0) is 13.2. The van der Waals surface area contributed by atoms with Gasteiger partial charge in [-0.1, -0.05) is 6.07 Å². The zero-order valence-corrected chi connectivity index (χ0v) is 12.8. The molecule has 0 fully saturated rings. The lowest BCUT2D eigenvalue weighted by Gasteiger charge is -2.08. The SMILES string of the molecule is O=C(O)/C=C(\C(=O)O)c1ccc(Br)c(Br)c1Br. The van der Waals surface area contributed by atoms with E-state index in [0.717, 1.165) is 4.47 Å². The lowest BCUT2D eigenvalue weighted by Crippen LogP contribution is -2.04. The molecular weight excluding hydrogens is 424 g/mol. The van der Waals surface area contributed by atoms with Crippen LogP contribution < -0.4 is 0 Å². The van der Waals surface area contributed by atoms with Gasteiger partial charge in [0.15, 0.2) is 0 Å². The Morgan fingerprint density at radius 1 is 1.06 bits per heavy atom. The number of hydrogen-bond acceptors (Lipinski definition) is 2. The Morgan fingerprint density at radius 2 is 1.65 bits per heavy atom. The van der Waals surface area contributed by atoms with E-state index in [0.29, 0.717) is 15.0 Å². The Balaban J connectivity index is 3.45. The molecule has 0 radical (unpaired) electrons. The van der Waals surface area contributed by atoms with Gasteiger partial charge in [-0.25, -0.2) is 9.59 Å². The fraction of sp³-hybridized carbons (Fsp3) is 0. The molecule has 1 aromatic rings. The highest BCUT2D eigenvalue weighted by atomic mass is 79.9. The van der Waals surface area contributed by atoms with Crippen molar-refractivity contribution in [3.05, 3.63) is 37.2 Å². The molecule has 0 aromatic heterocycles. The fourth-order valence-corrected chi connectivity index (χ4v) is 2.61. The normalized spacial score (nSPS) is 11.4. The van der Waals surface area contributed by atoms with Crippen LogP contribution in [0.4, 0.5) is 0 Å². The molecule has 0 aliphatic carbocycles. The molecule has 7 heteroatoms. The fourth-order valence-electron chi connectivity index (χ4n) is 1.11. The minimum absolute atomic E-state index is 0.287. The molecule has 0 bridgehead atoms. The predicted molar refractivity (Wildman–Crippen MR) is 72.8 cm³/mol. The van der Waals surface area contributed by atoms with Crippen molar-refractivity contribution in [2.75, 3.05) is 0 Å². The Bertz CT molecular complexity index is 523. The van der Waals surface area contributed by atoms with Crippen LogP contribution in [0.15, 0.2) is 31.6 Å². The third-order valence-corrected chi connectivity index (χ3v) is 5.20. The Kier molecular flexibility index (Phi) is 4.91. The minimum atomic E-state index is -1.31. The Labute approximate surface area is 122 Å². The number of carboxylic acids is 2. The first-order valence-corrected chi connectivity index (χ1v) is 6.54. The highest BCUT2D eigenvalue weighted by Gasteiger charge is 2.17. The highest BCUT2D eigenvalue weighted by Crippen LogP contribution is 2.36. The van der Waals surface area contributed by atoms with Crippen LogP contribution in [-0.2, 0) is 9.59 Å². The second kappa shape index (κ2) is 5.79. The smallest absolute Gasteiger partial charge is 0.336 e. The van der Waals surface area contributed by atoms with E-state index in [-0.39, 0.29) is 11.1 Å². The third kappa shape index (κ3) is 3.40. The van der Waals surface area contributed by atoms with Crippen LogP contribution in [0, 0.1) is 0 Å². The van der Waals surface area contributed by atoms with Crippen molar-refractivity contribution in [1.82, 2.24) is 0 Å². The summed E-state index contributed by atoms with van der Waals surface area (Å²) in [5.74, 6) is -2.62. The monoisotopic (exact) mass is 426 g/mol. The average molecular weight is 429 g/mol. The van der Waals surface area contributed by atoms with Gasteiger partial charge in [0.1, 0.15) is 0 Å². The molecule has 0 spiro atoms. The van der Waals surface area contributed by atoms with Gasteiger partial charge in [0, 0.05) is 25.1 Å². The summed E-state index contributed by atoms with van der Waals surface area (Å²) in [6.45, 7) is 0. The molecule has 17 heavy (non-hydrogen) atoms. The third-order valence-electron chi connectivity index (χ3n) is 1.82. The Morgan fingerprint density at radius 3 is 2.12 bits per heavy atom. The van der Waals surface area contributed by atoms with Crippen LogP contribution in [0.3, 0.4) is 0 Å². The molecule has 0 amide bonds. The first-order chi connectivity index (χ1) is 7.84. The van der Waals surface area contributed by atoms with Gasteiger partial charge in [0.25, 0.3) is 0 Å². The van der Waals surface area contributed by atoms with Crippen LogP contribution in [-0.4, -0.2) is 22.2 Å². The summed E-state index contributed by atoms with van der Waals surface area (Å²) in [7, 11) is 0. The molecule has 4 nitrogen and oxygen atoms in total. The standard InChI is InChI=1S/C10H5Br3O4/c11-6-2-1-4(8(12)9(6)13)5(10(16)17)3-7(14)15/h1-3H,(H,14,15)(H,16,17)/b5-3-. The van der Waals surface area contributed by atoms with E-state index in [2.05, 4.69) is 47.8 Å². The quantitative estimate of drug-likeness (QED) is 0.570. The lowest BCUT2D eigenvalue weighted by atomic mass is 10.1. The first-order valence-electron chi connectivity index (χ1n) is 4.16. The molecule has 0 aliphatic rings. The lowest BCUT2D eigenvalue weighted by molar-refractivity contribution is -0.133. The van der Waals surface area contributed by atoms with Gasteiger partial charge in [0.2, 0.25) is 0 Å². The van der Waals surface area contributed by atoms with Gasteiger partial charge in [-0.05, 0) is 53.9 Å². The molecule has 0 saturated carbocycles. The molecule has 1 rings (SSSR count). The van der Waals surface area contributed by atoms with Crippen molar-refractivity contribution in [2.24, 2.45) is 0 Å². The van der Waals surface area contributed by atoms with E-state index < -0.39 is 11.9 Å². The van der Waals surface area contributed by atoms with E-state index in [1.165, 1.54) is 6.07 Å². The number of carboxylic acid groups (broad SMARTS) is 2. The maximum Gasteiger partial charge on any atom is 0.336 e. The molecule has 0 heterocycles. The molecule has 90 valence electrons. The summed E-state index contributed by atoms with van der Waals surface area (Å²) in [5.41, 5.74) is -0.00690. The van der Waals surface area contributed by atoms with Crippen LogP contribution in [0.25, 0.3) is 5.57 Å². The summed E-state index contributed by atoms with van der Waals surface area (Å²) in [5, 5.41) is 17.6. The second-order valence-corrected chi connectivity index (χ2v) is 5.36. The molecule has 0 atom stereocenters. The van der Waals surface area contributed by atoms with Crippen molar-refractivity contribution in [2.45, 2.75) is 0 Å². The van der Waals surface area contributed by atoms with Crippen LogP contribution >= 0.6 is 47.8 Å². The van der Waals surface area contributed by atoms with Gasteiger partial charge in [-0.2, -0.15) is 0 Å². The number of carbonyl (C=O) groups is 2. The second-order valence-electron chi connectivity index (χ2n) is 2.92. The van der Waals surface area contributed by atoms with E-state index in [9.17, 15) is 9.59 Å². The summed E-state index contributed by atoms with van der Waals surface area (Å²) < 4.78 is 1.82. The summed E-state index contributed by atoms with van der Waals surface area (Å²) >= 11 is 9.73. The first kappa shape index (κ1) is 14.4. The maximum absolute atomic E-state index is 11.0. The van der Waals surface area contributed by atoms with Gasteiger partial charge >= 0.3 is 11.9 Å². The van der Waals surface area contributed by atoms with Gasteiger partial charge in [0.05, 0.1) is 5.57 Å². The molecule has 2 N–H and O–H groups in total. The minimum Gasteiger partial charge on any atom is -0.478 e. The topological polar surface area (TPSA) is 74.6 Å². The maximum atomic E-state index is 11.0. The van der Waals surface area contributed by atoms with Crippen molar-refractivity contribution < 1.29 is 19.8 Å². The largest absolute Gasteiger partial charge is 0.478 e. The van der Waals surface area contributed by atoms with Crippen LogP contribution in [0.1, 0.15) is 5.56 Å². The van der Waals surface area contributed by atoms with Gasteiger partial charge in [-0.3, -0.25) is 0 Å². The Hall–Kier alpha value is -0.660. The van der Waals surface area contributed by atoms with Crippen LogP contribution in [0.5, 0.6) is 0 Å². The summed E-state index contributed by atoms with van der Waals surface area (Å²) in [4.78, 5) is 21.6. The van der Waals surface area contributed by atoms with Gasteiger partial charge in [-0.15, -0.1) is 0 Å². The zero-order valence-electron chi connectivity index (χ0n) is 8.08. The highest BCUT2D eigenvalue weighted by molar-refractivity contribution is 9.14. The van der Waals surface area contributed by atoms with Crippen LogP contribution in [0.2, 0.25) is 0 Å². The average Bonchev–Trinajstić information content (AvgIpc) is 2.23.